The molecule has 1 fully saturated rings. The van der Waals surface area contributed by atoms with Crippen molar-refractivity contribution in [1.82, 2.24) is 0 Å². The van der Waals surface area contributed by atoms with E-state index in [2.05, 4.69) is 10.6 Å². The van der Waals surface area contributed by atoms with E-state index in [-0.39, 0.29) is 17.9 Å². The Balaban J connectivity index is 1.59. The average Bonchev–Trinajstić information content (AvgIpc) is 3.18. The van der Waals surface area contributed by atoms with Gasteiger partial charge in [0.2, 0.25) is 0 Å². The molecule has 2 aromatic rings. The highest BCUT2D eigenvalue weighted by molar-refractivity contribution is 6.04. The molecule has 25 heavy (non-hydrogen) atoms. The average molecular weight is 335 g/mol. The van der Waals surface area contributed by atoms with Crippen LogP contribution in [-0.2, 0) is 9.53 Å². The van der Waals surface area contributed by atoms with Gasteiger partial charge in [0.15, 0.2) is 0 Å². The SMILES string of the molecule is N#Cc1ccc(C(=O)Nc2ccc(NC(=O)C3CCCO3)cc2)cc1. The van der Waals surface area contributed by atoms with Crippen LogP contribution in [0.5, 0.6) is 0 Å². The summed E-state index contributed by atoms with van der Waals surface area (Å²) in [4.78, 5) is 24.2. The van der Waals surface area contributed by atoms with E-state index in [4.69, 9.17) is 10.00 Å². The Kier molecular flexibility index (Phi) is 5.07. The first-order chi connectivity index (χ1) is 12.2. The molecule has 1 aliphatic heterocycles. The van der Waals surface area contributed by atoms with Gasteiger partial charge in [0.25, 0.3) is 11.8 Å². The van der Waals surface area contributed by atoms with Crippen LogP contribution in [0.4, 0.5) is 11.4 Å². The molecule has 0 bridgehead atoms. The van der Waals surface area contributed by atoms with E-state index in [0.717, 1.165) is 12.8 Å². The summed E-state index contributed by atoms with van der Waals surface area (Å²) in [5.41, 5.74) is 2.24. The lowest BCUT2D eigenvalue weighted by molar-refractivity contribution is -0.124. The predicted octanol–water partition coefficient (Wildman–Crippen LogP) is 2.93. The van der Waals surface area contributed by atoms with Crippen LogP contribution >= 0.6 is 0 Å². The van der Waals surface area contributed by atoms with E-state index < -0.39 is 0 Å². The third-order valence-corrected chi connectivity index (χ3v) is 3.91. The number of hydrogen-bond acceptors (Lipinski definition) is 4. The van der Waals surface area contributed by atoms with Crippen molar-refractivity contribution in [2.75, 3.05) is 17.2 Å². The molecule has 1 unspecified atom stereocenters. The van der Waals surface area contributed by atoms with Crippen LogP contribution < -0.4 is 10.6 Å². The molecule has 0 radical (unpaired) electrons. The molecule has 0 spiro atoms. The second-order valence-electron chi connectivity index (χ2n) is 5.71. The zero-order valence-corrected chi connectivity index (χ0v) is 13.5. The largest absolute Gasteiger partial charge is 0.368 e. The molecule has 1 aliphatic rings. The van der Waals surface area contributed by atoms with E-state index in [9.17, 15) is 9.59 Å². The Morgan fingerprint density at radius 3 is 2.20 bits per heavy atom. The number of amides is 2. The molecule has 3 rings (SSSR count). The Hall–Kier alpha value is -3.17. The lowest BCUT2D eigenvalue weighted by Gasteiger charge is -2.11. The normalized spacial score (nSPS) is 16.0. The molecule has 2 N–H and O–H groups in total. The summed E-state index contributed by atoms with van der Waals surface area (Å²) >= 11 is 0. The summed E-state index contributed by atoms with van der Waals surface area (Å²) in [5, 5.41) is 14.3. The molecular weight excluding hydrogens is 318 g/mol. The van der Waals surface area contributed by atoms with Crippen LogP contribution in [0.15, 0.2) is 48.5 Å². The number of anilines is 2. The number of ether oxygens (including phenoxy) is 1. The zero-order valence-electron chi connectivity index (χ0n) is 13.5. The third kappa shape index (κ3) is 4.22. The van der Waals surface area contributed by atoms with E-state index >= 15 is 0 Å². The fourth-order valence-corrected chi connectivity index (χ4v) is 2.54. The number of nitrogens with one attached hydrogen (secondary N) is 2. The number of nitriles is 1. The minimum atomic E-state index is -0.379. The Bertz CT molecular complexity index is 801. The second kappa shape index (κ2) is 7.60. The van der Waals surface area contributed by atoms with Crippen molar-refractivity contribution in [3.05, 3.63) is 59.7 Å². The van der Waals surface area contributed by atoms with Crippen LogP contribution in [0.1, 0.15) is 28.8 Å². The monoisotopic (exact) mass is 335 g/mol. The number of benzene rings is 2. The van der Waals surface area contributed by atoms with Gasteiger partial charge in [0.1, 0.15) is 6.10 Å². The highest BCUT2D eigenvalue weighted by Gasteiger charge is 2.23. The highest BCUT2D eigenvalue weighted by atomic mass is 16.5. The second-order valence-corrected chi connectivity index (χ2v) is 5.71. The van der Waals surface area contributed by atoms with E-state index in [1.165, 1.54) is 0 Å². The number of hydrogen-bond donors (Lipinski definition) is 2. The van der Waals surface area contributed by atoms with Gasteiger partial charge >= 0.3 is 0 Å². The standard InChI is InChI=1S/C19H17N3O3/c20-12-13-3-5-14(6-4-13)18(23)21-15-7-9-16(10-8-15)22-19(24)17-2-1-11-25-17/h3-10,17H,1-2,11H2,(H,21,23)(H,22,24). The molecule has 6 nitrogen and oxygen atoms in total. The lowest BCUT2D eigenvalue weighted by atomic mass is 10.1. The highest BCUT2D eigenvalue weighted by Crippen LogP contribution is 2.18. The minimum absolute atomic E-state index is 0.146. The van der Waals surface area contributed by atoms with Crippen molar-refractivity contribution in [3.63, 3.8) is 0 Å². The van der Waals surface area contributed by atoms with Gasteiger partial charge in [-0.15, -0.1) is 0 Å². The van der Waals surface area contributed by atoms with Crippen LogP contribution in [0, 0.1) is 11.3 Å². The van der Waals surface area contributed by atoms with Crippen molar-refractivity contribution in [2.24, 2.45) is 0 Å². The summed E-state index contributed by atoms with van der Waals surface area (Å²) in [6, 6.07) is 15.3. The van der Waals surface area contributed by atoms with Crippen molar-refractivity contribution < 1.29 is 14.3 Å². The van der Waals surface area contributed by atoms with Gasteiger partial charge in [-0.2, -0.15) is 5.26 Å². The maximum absolute atomic E-state index is 12.2. The molecule has 2 aromatic carbocycles. The van der Waals surface area contributed by atoms with Gasteiger partial charge in [0, 0.05) is 23.5 Å². The van der Waals surface area contributed by atoms with Gasteiger partial charge in [-0.25, -0.2) is 0 Å². The van der Waals surface area contributed by atoms with Crippen LogP contribution in [0.2, 0.25) is 0 Å². The topological polar surface area (TPSA) is 91.2 Å². The fraction of sp³-hybridized carbons (Fsp3) is 0.211. The van der Waals surface area contributed by atoms with Crippen molar-refractivity contribution in [2.45, 2.75) is 18.9 Å². The van der Waals surface area contributed by atoms with Crippen molar-refractivity contribution in [1.29, 1.82) is 5.26 Å². The van der Waals surface area contributed by atoms with Gasteiger partial charge in [-0.05, 0) is 61.4 Å². The molecule has 0 saturated carbocycles. The van der Waals surface area contributed by atoms with Crippen LogP contribution in [0.3, 0.4) is 0 Å². The van der Waals surface area contributed by atoms with Gasteiger partial charge in [-0.3, -0.25) is 9.59 Å². The van der Waals surface area contributed by atoms with Gasteiger partial charge < -0.3 is 15.4 Å². The maximum Gasteiger partial charge on any atom is 0.255 e. The molecule has 0 aromatic heterocycles. The van der Waals surface area contributed by atoms with E-state index in [1.807, 2.05) is 6.07 Å². The molecule has 126 valence electrons. The fourth-order valence-electron chi connectivity index (χ4n) is 2.54. The van der Waals surface area contributed by atoms with Crippen molar-refractivity contribution >= 4 is 23.2 Å². The van der Waals surface area contributed by atoms with E-state index in [1.54, 1.807) is 48.5 Å². The predicted molar refractivity (Wildman–Crippen MR) is 93.2 cm³/mol. The molecule has 1 saturated heterocycles. The zero-order chi connectivity index (χ0) is 17.6. The first-order valence-electron chi connectivity index (χ1n) is 8.00. The maximum atomic E-state index is 12.2. The molecule has 0 aliphatic carbocycles. The Morgan fingerprint density at radius 1 is 1.00 bits per heavy atom. The molecule has 2 amide bonds. The molecule has 6 heteroatoms. The summed E-state index contributed by atoms with van der Waals surface area (Å²) < 4.78 is 5.34. The first kappa shape index (κ1) is 16.7. The number of nitrogens with zero attached hydrogens (tertiary/aromatic N) is 1. The molecule has 1 atom stereocenters. The summed E-state index contributed by atoms with van der Waals surface area (Å²) in [6.45, 7) is 0.623. The number of rotatable bonds is 4. The number of carbonyl (C=O) groups is 2. The summed E-state index contributed by atoms with van der Waals surface area (Å²) in [7, 11) is 0. The molecule has 1 heterocycles. The first-order valence-corrected chi connectivity index (χ1v) is 8.00. The van der Waals surface area contributed by atoms with Crippen LogP contribution in [0.25, 0.3) is 0 Å². The Labute approximate surface area is 145 Å². The Morgan fingerprint density at radius 2 is 1.64 bits per heavy atom. The summed E-state index contributed by atoms with van der Waals surface area (Å²) in [6.07, 6.45) is 1.26. The van der Waals surface area contributed by atoms with Crippen LogP contribution in [-0.4, -0.2) is 24.5 Å². The van der Waals surface area contributed by atoms with E-state index in [0.29, 0.717) is 29.1 Å². The van der Waals surface area contributed by atoms with Gasteiger partial charge in [-0.1, -0.05) is 0 Å². The minimum Gasteiger partial charge on any atom is -0.368 e. The summed E-state index contributed by atoms with van der Waals surface area (Å²) in [5.74, 6) is -0.410. The van der Waals surface area contributed by atoms with Gasteiger partial charge in [0.05, 0.1) is 11.6 Å². The third-order valence-electron chi connectivity index (χ3n) is 3.91. The number of carbonyl (C=O) groups excluding carboxylic acids is 2. The molecular formula is C19H17N3O3. The lowest BCUT2D eigenvalue weighted by Crippen LogP contribution is -2.26. The quantitative estimate of drug-likeness (QED) is 0.899. The smallest absolute Gasteiger partial charge is 0.255 e. The van der Waals surface area contributed by atoms with Crippen molar-refractivity contribution in [3.8, 4) is 6.07 Å².